The standard InChI is InChI=1S/C28H26ClF3N2O6/c1-37-17-9-16(10-18(11-17)40-7-6-35)34-26(19-5-4-15(29)8-24(19)38-2)27(36)21-14-33-23-13-25(39-3)22(12-20(21)23)28(30,31)32/h4-5,8-14,26,33-35H,6-7H2,1-3H3. The number of hydrogen-bond acceptors (Lipinski definition) is 7. The molecule has 12 heteroatoms. The average Bonchev–Trinajstić information content (AvgIpc) is 3.36. The summed E-state index contributed by atoms with van der Waals surface area (Å²) in [6.07, 6.45) is -3.36. The van der Waals surface area contributed by atoms with Gasteiger partial charge in [0.15, 0.2) is 5.78 Å². The number of benzene rings is 3. The highest BCUT2D eigenvalue weighted by Gasteiger charge is 2.36. The number of alkyl halides is 3. The van der Waals surface area contributed by atoms with Gasteiger partial charge in [-0.05, 0) is 18.2 Å². The quantitative estimate of drug-likeness (QED) is 0.180. The molecule has 1 unspecified atom stereocenters. The van der Waals surface area contributed by atoms with Crippen LogP contribution in [-0.4, -0.2) is 50.4 Å². The topological polar surface area (TPSA) is 102 Å². The van der Waals surface area contributed by atoms with Gasteiger partial charge in [-0.1, -0.05) is 17.7 Å². The van der Waals surface area contributed by atoms with Crippen LogP contribution in [0, 0.1) is 0 Å². The molecule has 4 aromatic rings. The third-order valence-electron chi connectivity index (χ3n) is 6.13. The van der Waals surface area contributed by atoms with Crippen molar-refractivity contribution in [2.75, 3.05) is 39.9 Å². The summed E-state index contributed by atoms with van der Waals surface area (Å²) in [5, 5.41) is 12.7. The van der Waals surface area contributed by atoms with E-state index in [0.717, 1.165) is 13.2 Å². The number of carbonyl (C=O) groups is 1. The number of ether oxygens (including phenoxy) is 4. The highest BCUT2D eigenvalue weighted by atomic mass is 35.5. The molecule has 1 atom stereocenters. The molecule has 4 rings (SSSR count). The molecule has 8 nitrogen and oxygen atoms in total. The van der Waals surface area contributed by atoms with E-state index >= 15 is 0 Å². The van der Waals surface area contributed by atoms with E-state index in [0.29, 0.717) is 27.8 Å². The van der Waals surface area contributed by atoms with Crippen molar-refractivity contribution >= 4 is 34.0 Å². The zero-order valence-corrected chi connectivity index (χ0v) is 22.4. The summed E-state index contributed by atoms with van der Waals surface area (Å²) in [4.78, 5) is 17.0. The number of Topliss-reactive ketones (excluding diaryl/α,β-unsaturated/α-hetero) is 1. The number of anilines is 1. The predicted molar refractivity (Wildman–Crippen MR) is 144 cm³/mol. The zero-order chi connectivity index (χ0) is 29.0. The molecule has 0 saturated carbocycles. The van der Waals surface area contributed by atoms with E-state index in [1.807, 2.05) is 0 Å². The Morgan fingerprint density at radius 1 is 1.00 bits per heavy atom. The molecule has 0 amide bonds. The van der Waals surface area contributed by atoms with Crippen LogP contribution in [0.25, 0.3) is 10.9 Å². The summed E-state index contributed by atoms with van der Waals surface area (Å²) in [6, 6.07) is 10.5. The lowest BCUT2D eigenvalue weighted by molar-refractivity contribution is -0.138. The first-order chi connectivity index (χ1) is 19.1. The fourth-order valence-electron chi connectivity index (χ4n) is 4.29. The van der Waals surface area contributed by atoms with E-state index in [-0.39, 0.29) is 41.2 Å². The minimum Gasteiger partial charge on any atom is -0.497 e. The smallest absolute Gasteiger partial charge is 0.419 e. The summed E-state index contributed by atoms with van der Waals surface area (Å²) < 4.78 is 62.7. The van der Waals surface area contributed by atoms with Crippen LogP contribution in [0.4, 0.5) is 18.9 Å². The summed E-state index contributed by atoms with van der Waals surface area (Å²) in [7, 11) is 4.01. The Kier molecular flexibility index (Phi) is 8.65. The van der Waals surface area contributed by atoms with E-state index in [4.69, 9.17) is 35.7 Å². The van der Waals surface area contributed by atoms with Crippen molar-refractivity contribution in [1.29, 1.82) is 0 Å². The Morgan fingerprint density at radius 2 is 1.73 bits per heavy atom. The number of fused-ring (bicyclic) bond motifs is 1. The second-order valence-electron chi connectivity index (χ2n) is 8.60. The number of H-pyrrole nitrogens is 1. The molecule has 0 bridgehead atoms. The largest absolute Gasteiger partial charge is 0.497 e. The number of hydrogen-bond donors (Lipinski definition) is 3. The molecule has 0 radical (unpaired) electrons. The van der Waals surface area contributed by atoms with Crippen LogP contribution in [0.1, 0.15) is 27.5 Å². The normalized spacial score (nSPS) is 12.2. The fraction of sp³-hybridized carbons (Fsp3) is 0.250. The van der Waals surface area contributed by atoms with Gasteiger partial charge >= 0.3 is 6.18 Å². The lowest BCUT2D eigenvalue weighted by Crippen LogP contribution is -2.22. The third kappa shape index (κ3) is 6.05. The van der Waals surface area contributed by atoms with Crippen LogP contribution < -0.4 is 24.3 Å². The monoisotopic (exact) mass is 578 g/mol. The number of halogens is 4. The molecule has 3 N–H and O–H groups in total. The van der Waals surface area contributed by atoms with Crippen molar-refractivity contribution in [1.82, 2.24) is 4.98 Å². The van der Waals surface area contributed by atoms with E-state index in [1.165, 1.54) is 32.5 Å². The van der Waals surface area contributed by atoms with E-state index < -0.39 is 23.6 Å². The Labute approximate surface area is 232 Å². The van der Waals surface area contributed by atoms with Gasteiger partial charge in [-0.15, -0.1) is 0 Å². The number of aliphatic hydroxyl groups excluding tert-OH is 1. The van der Waals surface area contributed by atoms with Crippen LogP contribution in [0.2, 0.25) is 5.02 Å². The molecular formula is C28H26ClF3N2O6. The second kappa shape index (κ2) is 12.0. The van der Waals surface area contributed by atoms with Gasteiger partial charge in [-0.25, -0.2) is 0 Å². The van der Waals surface area contributed by atoms with Crippen molar-refractivity contribution in [3.63, 3.8) is 0 Å². The molecule has 0 aliphatic rings. The third-order valence-corrected chi connectivity index (χ3v) is 6.36. The van der Waals surface area contributed by atoms with Gasteiger partial charge in [0, 0.05) is 63.2 Å². The van der Waals surface area contributed by atoms with Crippen molar-refractivity contribution in [2.45, 2.75) is 12.2 Å². The molecule has 0 aliphatic carbocycles. The maximum absolute atomic E-state index is 14.1. The van der Waals surface area contributed by atoms with Gasteiger partial charge in [-0.3, -0.25) is 4.79 Å². The summed E-state index contributed by atoms with van der Waals surface area (Å²) in [6.45, 7) is -0.186. The highest BCUT2D eigenvalue weighted by molar-refractivity contribution is 6.30. The highest BCUT2D eigenvalue weighted by Crippen LogP contribution is 2.41. The minimum atomic E-state index is -4.71. The van der Waals surface area contributed by atoms with Crippen LogP contribution in [-0.2, 0) is 6.18 Å². The van der Waals surface area contributed by atoms with Crippen molar-refractivity contribution in [3.8, 4) is 23.0 Å². The first kappa shape index (κ1) is 28.9. The maximum atomic E-state index is 14.1. The minimum absolute atomic E-state index is 0.0114. The van der Waals surface area contributed by atoms with Crippen LogP contribution in [0.15, 0.2) is 54.7 Å². The van der Waals surface area contributed by atoms with Crippen molar-refractivity contribution in [2.24, 2.45) is 0 Å². The van der Waals surface area contributed by atoms with Crippen LogP contribution in [0.5, 0.6) is 23.0 Å². The van der Waals surface area contributed by atoms with Gasteiger partial charge in [0.2, 0.25) is 0 Å². The first-order valence-corrected chi connectivity index (χ1v) is 12.3. The summed E-state index contributed by atoms with van der Waals surface area (Å²) >= 11 is 6.15. The number of aromatic amines is 1. The van der Waals surface area contributed by atoms with Gasteiger partial charge in [0.05, 0.1) is 33.5 Å². The van der Waals surface area contributed by atoms with Crippen LogP contribution in [0.3, 0.4) is 0 Å². The number of aliphatic hydroxyl groups is 1. The maximum Gasteiger partial charge on any atom is 0.419 e. The zero-order valence-electron chi connectivity index (χ0n) is 21.7. The molecule has 0 spiro atoms. The Bertz CT molecular complexity index is 1520. The second-order valence-corrected chi connectivity index (χ2v) is 9.03. The number of methoxy groups -OCH3 is 3. The number of carbonyl (C=O) groups excluding carboxylic acids is 1. The Balaban J connectivity index is 1.86. The molecule has 3 aromatic carbocycles. The number of nitrogens with one attached hydrogen (secondary N) is 2. The average molecular weight is 579 g/mol. The Hall–Kier alpha value is -4.09. The van der Waals surface area contributed by atoms with Gasteiger partial charge in [0.25, 0.3) is 0 Å². The molecule has 1 heterocycles. The Morgan fingerprint density at radius 3 is 2.38 bits per heavy atom. The van der Waals surface area contributed by atoms with E-state index in [2.05, 4.69) is 10.3 Å². The number of rotatable bonds is 11. The summed E-state index contributed by atoms with van der Waals surface area (Å²) in [5.74, 6) is 0.128. The summed E-state index contributed by atoms with van der Waals surface area (Å²) in [5.41, 5.74) is 0.0770. The van der Waals surface area contributed by atoms with Crippen molar-refractivity contribution < 1.29 is 42.0 Å². The van der Waals surface area contributed by atoms with E-state index in [1.54, 1.807) is 30.3 Å². The fourth-order valence-corrected chi connectivity index (χ4v) is 4.46. The van der Waals surface area contributed by atoms with E-state index in [9.17, 15) is 18.0 Å². The van der Waals surface area contributed by atoms with Gasteiger partial charge < -0.3 is 34.4 Å². The molecule has 0 fully saturated rings. The molecule has 40 heavy (non-hydrogen) atoms. The van der Waals surface area contributed by atoms with Crippen LogP contribution >= 0.6 is 11.6 Å². The first-order valence-electron chi connectivity index (χ1n) is 11.9. The van der Waals surface area contributed by atoms with Crippen molar-refractivity contribution in [3.05, 3.63) is 76.4 Å². The number of aromatic nitrogens is 1. The molecule has 1 aromatic heterocycles. The van der Waals surface area contributed by atoms with Gasteiger partial charge in [0.1, 0.15) is 35.6 Å². The molecule has 0 aliphatic heterocycles. The number of ketones is 1. The van der Waals surface area contributed by atoms with Gasteiger partial charge in [-0.2, -0.15) is 13.2 Å². The lowest BCUT2D eigenvalue weighted by Gasteiger charge is -2.22. The molecule has 0 saturated heterocycles. The SMILES string of the molecule is COc1cc(NC(C(=O)c2c[nH]c3cc(OC)c(C(F)(F)F)cc23)c2ccc(Cl)cc2OC)cc(OCCO)c1. The molecule has 212 valence electrons. The predicted octanol–water partition coefficient (Wildman–Crippen LogP) is 6.27. The molecular weight excluding hydrogens is 553 g/mol. The lowest BCUT2D eigenvalue weighted by atomic mass is 9.95.